The van der Waals surface area contributed by atoms with Crippen molar-refractivity contribution in [2.24, 2.45) is 0 Å². The lowest BCUT2D eigenvalue weighted by Gasteiger charge is -2.13. The van der Waals surface area contributed by atoms with Crippen molar-refractivity contribution in [1.82, 2.24) is 5.32 Å². The third-order valence-electron chi connectivity index (χ3n) is 3.30. The van der Waals surface area contributed by atoms with Gasteiger partial charge in [-0.3, -0.25) is 10.1 Å². The second kappa shape index (κ2) is 9.08. The molecule has 0 amide bonds. The molecule has 0 aromatic heterocycles. The van der Waals surface area contributed by atoms with E-state index in [0.717, 1.165) is 16.5 Å². The van der Waals surface area contributed by atoms with Crippen molar-refractivity contribution in [2.75, 3.05) is 0 Å². The summed E-state index contributed by atoms with van der Waals surface area (Å²) in [6, 6.07) is 5.51. The Morgan fingerprint density at radius 3 is 2.70 bits per heavy atom. The number of non-ortho nitro benzene ring substituents is 1. The molecule has 1 unspecified atom stereocenters. The summed E-state index contributed by atoms with van der Waals surface area (Å²) in [6.45, 7) is 5.04. The zero-order valence-corrected chi connectivity index (χ0v) is 13.8. The summed E-state index contributed by atoms with van der Waals surface area (Å²) in [4.78, 5) is 10.5. The highest BCUT2D eigenvalue weighted by atomic mass is 79.9. The lowest BCUT2D eigenvalue weighted by atomic mass is 10.1. The molecule has 112 valence electrons. The van der Waals surface area contributed by atoms with Crippen LogP contribution in [0.5, 0.6) is 0 Å². The molecule has 0 spiro atoms. The third-order valence-corrected chi connectivity index (χ3v) is 3.76. The number of halogens is 1. The maximum Gasteiger partial charge on any atom is 0.270 e. The van der Waals surface area contributed by atoms with E-state index in [-0.39, 0.29) is 10.6 Å². The van der Waals surface area contributed by atoms with Gasteiger partial charge in [0.1, 0.15) is 0 Å². The summed E-state index contributed by atoms with van der Waals surface area (Å²) < 4.78 is 0.749. The summed E-state index contributed by atoms with van der Waals surface area (Å²) in [5.74, 6) is 0. The summed E-state index contributed by atoms with van der Waals surface area (Å²) >= 11 is 3.32. The van der Waals surface area contributed by atoms with Crippen LogP contribution in [0.1, 0.15) is 51.5 Å². The molecule has 1 rings (SSSR count). The molecule has 1 aromatic rings. The van der Waals surface area contributed by atoms with Crippen molar-refractivity contribution < 1.29 is 4.92 Å². The zero-order chi connectivity index (χ0) is 15.0. The van der Waals surface area contributed by atoms with Crippen molar-refractivity contribution in [3.8, 4) is 0 Å². The van der Waals surface area contributed by atoms with Gasteiger partial charge in [-0.25, -0.2) is 0 Å². The monoisotopic (exact) mass is 342 g/mol. The van der Waals surface area contributed by atoms with E-state index in [1.807, 2.05) is 6.07 Å². The molecule has 1 atom stereocenters. The van der Waals surface area contributed by atoms with Gasteiger partial charge in [-0.15, -0.1) is 0 Å². The maximum absolute atomic E-state index is 10.8. The Balaban J connectivity index is 2.42. The summed E-state index contributed by atoms with van der Waals surface area (Å²) in [5, 5.41) is 14.2. The Labute approximate surface area is 129 Å². The van der Waals surface area contributed by atoms with E-state index in [9.17, 15) is 10.1 Å². The van der Waals surface area contributed by atoms with Crippen molar-refractivity contribution in [3.63, 3.8) is 0 Å². The standard InChI is InChI=1S/C15H23BrN2O2/c1-3-4-5-6-7-12(2)17-11-13-8-14(16)10-15(9-13)18(19)20/h8-10,12,17H,3-7,11H2,1-2H3. The first-order valence-corrected chi connectivity index (χ1v) is 7.99. The van der Waals surface area contributed by atoms with Gasteiger partial charge in [0.2, 0.25) is 0 Å². The normalized spacial score (nSPS) is 12.3. The fraction of sp³-hybridized carbons (Fsp3) is 0.600. The Kier molecular flexibility index (Phi) is 7.77. The van der Waals surface area contributed by atoms with Crippen LogP contribution in [-0.2, 0) is 6.54 Å². The van der Waals surface area contributed by atoms with Crippen LogP contribution < -0.4 is 5.32 Å². The van der Waals surface area contributed by atoms with Gasteiger partial charge in [0.25, 0.3) is 5.69 Å². The Hall–Kier alpha value is -0.940. The molecular formula is C15H23BrN2O2. The van der Waals surface area contributed by atoms with Crippen molar-refractivity contribution in [1.29, 1.82) is 0 Å². The van der Waals surface area contributed by atoms with E-state index in [1.54, 1.807) is 6.07 Å². The molecular weight excluding hydrogens is 320 g/mol. The highest BCUT2D eigenvalue weighted by molar-refractivity contribution is 9.10. The minimum atomic E-state index is -0.359. The van der Waals surface area contributed by atoms with Crippen LogP contribution in [0.25, 0.3) is 0 Å². The molecule has 0 radical (unpaired) electrons. The lowest BCUT2D eigenvalue weighted by molar-refractivity contribution is -0.385. The third kappa shape index (κ3) is 6.48. The van der Waals surface area contributed by atoms with Gasteiger partial charge in [-0.05, 0) is 25.0 Å². The van der Waals surface area contributed by atoms with Crippen molar-refractivity contribution >= 4 is 21.6 Å². The molecule has 0 aliphatic carbocycles. The van der Waals surface area contributed by atoms with Crippen molar-refractivity contribution in [2.45, 2.75) is 58.5 Å². The number of unbranched alkanes of at least 4 members (excludes halogenated alkanes) is 3. The molecule has 0 bridgehead atoms. The van der Waals surface area contributed by atoms with E-state index < -0.39 is 0 Å². The van der Waals surface area contributed by atoms with E-state index in [1.165, 1.54) is 31.7 Å². The highest BCUT2D eigenvalue weighted by Gasteiger charge is 2.09. The van der Waals surface area contributed by atoms with Crippen LogP contribution in [0.2, 0.25) is 0 Å². The summed E-state index contributed by atoms with van der Waals surface area (Å²) in [5.41, 5.74) is 1.07. The number of hydrogen-bond acceptors (Lipinski definition) is 3. The quantitative estimate of drug-likeness (QED) is 0.398. The van der Waals surface area contributed by atoms with Crippen LogP contribution in [0.3, 0.4) is 0 Å². The van der Waals surface area contributed by atoms with Crippen LogP contribution in [0.4, 0.5) is 5.69 Å². The molecule has 20 heavy (non-hydrogen) atoms. The molecule has 4 nitrogen and oxygen atoms in total. The lowest BCUT2D eigenvalue weighted by Crippen LogP contribution is -2.25. The number of nitrogens with one attached hydrogen (secondary N) is 1. The van der Waals surface area contributed by atoms with Crippen LogP contribution in [0, 0.1) is 10.1 Å². The Morgan fingerprint density at radius 1 is 1.30 bits per heavy atom. The molecule has 1 N–H and O–H groups in total. The van der Waals surface area contributed by atoms with Gasteiger partial charge in [0.15, 0.2) is 0 Å². The van der Waals surface area contributed by atoms with E-state index in [0.29, 0.717) is 12.6 Å². The Bertz CT molecular complexity index is 438. The number of nitro groups is 1. The van der Waals surface area contributed by atoms with Crippen LogP contribution in [0.15, 0.2) is 22.7 Å². The average Bonchev–Trinajstić information content (AvgIpc) is 2.40. The summed E-state index contributed by atoms with van der Waals surface area (Å²) in [6.07, 6.45) is 6.22. The number of rotatable bonds is 9. The fourth-order valence-electron chi connectivity index (χ4n) is 2.11. The average molecular weight is 343 g/mol. The molecule has 0 fully saturated rings. The molecule has 0 saturated carbocycles. The second-order valence-corrected chi connectivity index (χ2v) is 6.12. The zero-order valence-electron chi connectivity index (χ0n) is 12.2. The Morgan fingerprint density at radius 2 is 2.05 bits per heavy atom. The van der Waals surface area contributed by atoms with Gasteiger partial charge in [-0.1, -0.05) is 48.5 Å². The predicted octanol–water partition coefficient (Wildman–Crippen LogP) is 4.81. The molecule has 0 heterocycles. The van der Waals surface area contributed by atoms with Crippen LogP contribution >= 0.6 is 15.9 Å². The van der Waals surface area contributed by atoms with Gasteiger partial charge < -0.3 is 5.32 Å². The van der Waals surface area contributed by atoms with Gasteiger partial charge in [0.05, 0.1) is 4.92 Å². The van der Waals surface area contributed by atoms with Gasteiger partial charge in [0, 0.05) is 29.2 Å². The number of hydrogen-bond donors (Lipinski definition) is 1. The van der Waals surface area contributed by atoms with E-state index >= 15 is 0 Å². The van der Waals surface area contributed by atoms with E-state index in [2.05, 4.69) is 35.1 Å². The summed E-state index contributed by atoms with van der Waals surface area (Å²) in [7, 11) is 0. The van der Waals surface area contributed by atoms with Crippen molar-refractivity contribution in [3.05, 3.63) is 38.3 Å². The molecule has 0 aliphatic rings. The minimum Gasteiger partial charge on any atom is -0.310 e. The van der Waals surface area contributed by atoms with Crippen LogP contribution in [-0.4, -0.2) is 11.0 Å². The first-order valence-electron chi connectivity index (χ1n) is 7.20. The number of nitro benzene ring substituents is 1. The first kappa shape index (κ1) is 17.1. The molecule has 5 heteroatoms. The molecule has 0 aliphatic heterocycles. The van der Waals surface area contributed by atoms with Gasteiger partial charge >= 0.3 is 0 Å². The molecule has 1 aromatic carbocycles. The second-order valence-electron chi connectivity index (χ2n) is 5.21. The molecule has 0 saturated heterocycles. The smallest absolute Gasteiger partial charge is 0.270 e. The van der Waals surface area contributed by atoms with Gasteiger partial charge in [-0.2, -0.15) is 0 Å². The van der Waals surface area contributed by atoms with E-state index in [4.69, 9.17) is 0 Å². The maximum atomic E-state index is 10.8. The number of nitrogens with zero attached hydrogens (tertiary/aromatic N) is 1. The topological polar surface area (TPSA) is 55.2 Å². The largest absolute Gasteiger partial charge is 0.310 e. The first-order chi connectivity index (χ1) is 9.52. The predicted molar refractivity (Wildman–Crippen MR) is 85.9 cm³/mol. The fourth-order valence-corrected chi connectivity index (χ4v) is 2.64. The highest BCUT2D eigenvalue weighted by Crippen LogP contribution is 2.21. The number of benzene rings is 1. The SMILES string of the molecule is CCCCCCC(C)NCc1cc(Br)cc([N+](=O)[O-])c1. The minimum absolute atomic E-state index is 0.131.